The van der Waals surface area contributed by atoms with Crippen LogP contribution in [0.5, 0.6) is 0 Å². The van der Waals surface area contributed by atoms with Crippen molar-refractivity contribution < 1.29 is 0 Å². The highest BCUT2D eigenvalue weighted by Crippen LogP contribution is 2.25. The van der Waals surface area contributed by atoms with Crippen LogP contribution in [0.3, 0.4) is 0 Å². The maximum absolute atomic E-state index is 5.56. The van der Waals surface area contributed by atoms with Crippen molar-refractivity contribution in [2.45, 2.75) is 24.8 Å². The molecule has 0 amide bonds. The minimum Gasteiger partial charge on any atom is -0.326 e. The zero-order valence-electron chi connectivity index (χ0n) is 7.72. The normalized spacial score (nSPS) is 10.4. The molecule has 0 saturated carbocycles. The minimum atomic E-state index is 0.597. The summed E-state index contributed by atoms with van der Waals surface area (Å²) < 4.78 is 1.12. The maximum atomic E-state index is 5.56. The molecule has 0 atom stereocenters. The first-order chi connectivity index (χ1) is 6.27. The first-order valence-electron chi connectivity index (χ1n) is 4.39. The molecule has 0 radical (unpaired) electrons. The monoisotopic (exact) mass is 259 g/mol. The van der Waals surface area contributed by atoms with E-state index in [1.807, 2.05) is 11.8 Å². The zero-order valence-corrected chi connectivity index (χ0v) is 10.1. The van der Waals surface area contributed by atoms with E-state index in [1.54, 1.807) is 0 Å². The van der Waals surface area contributed by atoms with Crippen LogP contribution in [0.2, 0.25) is 0 Å². The van der Waals surface area contributed by atoms with Gasteiger partial charge in [0.2, 0.25) is 0 Å². The Hall–Kier alpha value is 0.01000. The van der Waals surface area contributed by atoms with Crippen molar-refractivity contribution in [1.82, 2.24) is 0 Å². The number of benzene rings is 1. The Morgan fingerprint density at radius 3 is 2.77 bits per heavy atom. The largest absolute Gasteiger partial charge is 0.326 e. The van der Waals surface area contributed by atoms with Gasteiger partial charge >= 0.3 is 0 Å². The summed E-state index contributed by atoms with van der Waals surface area (Å²) in [6.45, 7) is 2.79. The molecular weight excluding hydrogens is 246 g/mol. The van der Waals surface area contributed by atoms with Gasteiger partial charge in [-0.05, 0) is 29.9 Å². The summed E-state index contributed by atoms with van der Waals surface area (Å²) >= 11 is 5.39. The van der Waals surface area contributed by atoms with Crippen molar-refractivity contribution in [2.75, 3.05) is 5.75 Å². The van der Waals surface area contributed by atoms with E-state index in [1.165, 1.54) is 22.6 Å². The van der Waals surface area contributed by atoms with Gasteiger partial charge in [-0.25, -0.2) is 0 Å². The standard InChI is InChI=1S/C10H14BrNS/c1-2-5-13-9-4-3-8(7-12)10(11)6-9/h3-4,6H,2,5,7,12H2,1H3. The first-order valence-corrected chi connectivity index (χ1v) is 6.17. The second kappa shape index (κ2) is 5.68. The predicted octanol–water partition coefficient (Wildman–Crippen LogP) is 3.41. The van der Waals surface area contributed by atoms with Gasteiger partial charge in [-0.1, -0.05) is 28.9 Å². The third kappa shape index (κ3) is 3.33. The predicted molar refractivity (Wildman–Crippen MR) is 63.0 cm³/mol. The average Bonchev–Trinajstić information content (AvgIpc) is 2.15. The van der Waals surface area contributed by atoms with Gasteiger partial charge in [-0.2, -0.15) is 0 Å². The lowest BCUT2D eigenvalue weighted by atomic mass is 10.2. The van der Waals surface area contributed by atoms with Crippen molar-refractivity contribution in [2.24, 2.45) is 5.73 Å². The highest BCUT2D eigenvalue weighted by molar-refractivity contribution is 9.10. The number of hydrogen-bond donors (Lipinski definition) is 1. The Morgan fingerprint density at radius 2 is 2.23 bits per heavy atom. The second-order valence-corrected chi connectivity index (χ2v) is 4.83. The summed E-state index contributed by atoms with van der Waals surface area (Å²) in [5.41, 5.74) is 6.73. The van der Waals surface area contributed by atoms with Crippen molar-refractivity contribution in [1.29, 1.82) is 0 Å². The summed E-state index contributed by atoms with van der Waals surface area (Å²) in [4.78, 5) is 1.31. The molecule has 0 saturated heterocycles. The van der Waals surface area contributed by atoms with Crippen molar-refractivity contribution in [3.8, 4) is 0 Å². The van der Waals surface area contributed by atoms with Crippen LogP contribution < -0.4 is 5.73 Å². The molecule has 1 aromatic carbocycles. The number of halogens is 1. The summed E-state index contributed by atoms with van der Waals surface area (Å²) in [6, 6.07) is 6.36. The quantitative estimate of drug-likeness (QED) is 0.839. The molecule has 0 aliphatic carbocycles. The van der Waals surface area contributed by atoms with E-state index >= 15 is 0 Å². The Labute approximate surface area is 92.2 Å². The average molecular weight is 260 g/mol. The lowest BCUT2D eigenvalue weighted by molar-refractivity contribution is 1.05. The lowest BCUT2D eigenvalue weighted by Gasteiger charge is -2.04. The molecule has 0 aliphatic rings. The van der Waals surface area contributed by atoms with Gasteiger partial charge in [0, 0.05) is 15.9 Å². The van der Waals surface area contributed by atoms with Crippen LogP contribution in [0, 0.1) is 0 Å². The Bertz CT molecular complexity index is 276. The van der Waals surface area contributed by atoms with Crippen LogP contribution in [0.4, 0.5) is 0 Å². The van der Waals surface area contributed by atoms with Gasteiger partial charge < -0.3 is 5.73 Å². The van der Waals surface area contributed by atoms with E-state index < -0.39 is 0 Å². The number of nitrogens with two attached hydrogens (primary N) is 1. The van der Waals surface area contributed by atoms with Gasteiger partial charge in [-0.3, -0.25) is 0 Å². The van der Waals surface area contributed by atoms with Crippen LogP contribution in [-0.4, -0.2) is 5.75 Å². The molecule has 3 heteroatoms. The van der Waals surface area contributed by atoms with Gasteiger partial charge in [0.05, 0.1) is 0 Å². The smallest absolute Gasteiger partial charge is 0.0231 e. The Morgan fingerprint density at radius 1 is 1.46 bits per heavy atom. The van der Waals surface area contributed by atoms with Crippen LogP contribution >= 0.6 is 27.7 Å². The first kappa shape index (κ1) is 11.1. The molecule has 1 nitrogen and oxygen atoms in total. The lowest BCUT2D eigenvalue weighted by Crippen LogP contribution is -1.96. The molecule has 0 unspecified atom stereocenters. The SMILES string of the molecule is CCCSc1ccc(CN)c(Br)c1. The summed E-state index contributed by atoms with van der Waals surface area (Å²) in [6.07, 6.45) is 1.21. The molecule has 0 bridgehead atoms. The number of rotatable bonds is 4. The van der Waals surface area contributed by atoms with E-state index in [4.69, 9.17) is 5.73 Å². The third-order valence-electron chi connectivity index (χ3n) is 1.72. The van der Waals surface area contributed by atoms with E-state index in [0.717, 1.165) is 4.47 Å². The van der Waals surface area contributed by atoms with Crippen LogP contribution in [0.15, 0.2) is 27.6 Å². The van der Waals surface area contributed by atoms with Crippen molar-refractivity contribution in [3.63, 3.8) is 0 Å². The van der Waals surface area contributed by atoms with Crippen LogP contribution in [-0.2, 0) is 6.54 Å². The third-order valence-corrected chi connectivity index (χ3v) is 3.66. The molecule has 0 fully saturated rings. The molecule has 2 N–H and O–H groups in total. The van der Waals surface area contributed by atoms with Crippen LogP contribution in [0.25, 0.3) is 0 Å². The molecule has 0 aliphatic heterocycles. The Balaban J connectivity index is 2.71. The van der Waals surface area contributed by atoms with Crippen molar-refractivity contribution in [3.05, 3.63) is 28.2 Å². The molecule has 1 rings (SSSR count). The fraction of sp³-hybridized carbons (Fsp3) is 0.400. The van der Waals surface area contributed by atoms with Gasteiger partial charge in [0.1, 0.15) is 0 Å². The number of hydrogen-bond acceptors (Lipinski definition) is 2. The van der Waals surface area contributed by atoms with E-state index in [-0.39, 0.29) is 0 Å². The van der Waals surface area contributed by atoms with E-state index in [0.29, 0.717) is 6.54 Å². The molecule has 72 valence electrons. The zero-order chi connectivity index (χ0) is 9.68. The Kier molecular flexibility index (Phi) is 4.84. The van der Waals surface area contributed by atoms with E-state index in [9.17, 15) is 0 Å². The molecular formula is C10H14BrNS. The maximum Gasteiger partial charge on any atom is 0.0231 e. The topological polar surface area (TPSA) is 26.0 Å². The van der Waals surface area contributed by atoms with Gasteiger partial charge in [0.15, 0.2) is 0 Å². The summed E-state index contributed by atoms with van der Waals surface area (Å²) in [5, 5.41) is 0. The minimum absolute atomic E-state index is 0.597. The fourth-order valence-electron chi connectivity index (χ4n) is 1.00. The van der Waals surface area contributed by atoms with E-state index in [2.05, 4.69) is 41.1 Å². The highest BCUT2D eigenvalue weighted by Gasteiger charge is 1.99. The highest BCUT2D eigenvalue weighted by atomic mass is 79.9. The summed E-state index contributed by atoms with van der Waals surface area (Å²) in [5.74, 6) is 1.18. The van der Waals surface area contributed by atoms with Crippen molar-refractivity contribution >= 4 is 27.7 Å². The molecule has 13 heavy (non-hydrogen) atoms. The number of thioether (sulfide) groups is 1. The fourth-order valence-corrected chi connectivity index (χ4v) is 2.50. The summed E-state index contributed by atoms with van der Waals surface area (Å²) in [7, 11) is 0. The van der Waals surface area contributed by atoms with Gasteiger partial charge in [-0.15, -0.1) is 11.8 Å². The second-order valence-electron chi connectivity index (χ2n) is 2.81. The van der Waals surface area contributed by atoms with Gasteiger partial charge in [0.25, 0.3) is 0 Å². The van der Waals surface area contributed by atoms with Crippen LogP contribution in [0.1, 0.15) is 18.9 Å². The molecule has 0 spiro atoms. The molecule has 1 aromatic rings. The molecule has 0 aromatic heterocycles. The molecule has 0 heterocycles.